The Labute approximate surface area is 141 Å². The molecule has 0 aromatic heterocycles. The fourth-order valence-corrected chi connectivity index (χ4v) is 4.37. The predicted molar refractivity (Wildman–Crippen MR) is 87.5 cm³/mol. The Bertz CT molecular complexity index is 642. The Kier molecular flexibility index (Phi) is 3.83. The van der Waals surface area contributed by atoms with Crippen molar-refractivity contribution in [1.82, 2.24) is 4.90 Å². The van der Waals surface area contributed by atoms with Crippen LogP contribution in [0.15, 0.2) is 30.3 Å². The van der Waals surface area contributed by atoms with E-state index in [1.54, 1.807) is 4.90 Å². The fraction of sp³-hybridized carbons (Fsp3) is 0.579. The van der Waals surface area contributed by atoms with Gasteiger partial charge in [-0.3, -0.25) is 9.59 Å². The molecule has 24 heavy (non-hydrogen) atoms. The summed E-state index contributed by atoms with van der Waals surface area (Å²) in [6.07, 6.45) is 2.65. The van der Waals surface area contributed by atoms with Gasteiger partial charge in [0.05, 0.1) is 17.9 Å². The van der Waals surface area contributed by atoms with Gasteiger partial charge in [-0.15, -0.1) is 0 Å². The van der Waals surface area contributed by atoms with Crippen molar-refractivity contribution >= 4 is 11.9 Å². The van der Waals surface area contributed by atoms with Crippen LogP contribution in [-0.2, 0) is 14.3 Å². The van der Waals surface area contributed by atoms with E-state index in [2.05, 4.69) is 0 Å². The summed E-state index contributed by atoms with van der Waals surface area (Å²) >= 11 is 0. The molecule has 1 saturated carbocycles. The normalized spacial score (nSPS) is 30.7. The Morgan fingerprint density at radius 3 is 2.62 bits per heavy atom. The van der Waals surface area contributed by atoms with Crippen LogP contribution in [0.5, 0.6) is 0 Å². The molecule has 5 heteroatoms. The van der Waals surface area contributed by atoms with Gasteiger partial charge in [-0.05, 0) is 30.7 Å². The molecule has 0 spiro atoms. The van der Waals surface area contributed by atoms with Gasteiger partial charge in [0.25, 0.3) is 0 Å². The Hall–Kier alpha value is -1.88. The summed E-state index contributed by atoms with van der Waals surface area (Å²) < 4.78 is 5.49. The van der Waals surface area contributed by atoms with Crippen molar-refractivity contribution in [3.63, 3.8) is 0 Å². The van der Waals surface area contributed by atoms with E-state index in [1.807, 2.05) is 30.3 Å². The maximum atomic E-state index is 13.2. The van der Waals surface area contributed by atoms with Crippen LogP contribution in [0.3, 0.4) is 0 Å². The molecule has 2 saturated heterocycles. The number of hydrogen-bond donors (Lipinski definition) is 1. The summed E-state index contributed by atoms with van der Waals surface area (Å²) in [6.45, 7) is 1.73. The first kappa shape index (κ1) is 15.6. The summed E-state index contributed by atoms with van der Waals surface area (Å²) in [5.41, 5.74) is 0.235. The van der Waals surface area contributed by atoms with Gasteiger partial charge in [0.15, 0.2) is 0 Å². The molecule has 0 bridgehead atoms. The smallest absolute Gasteiger partial charge is 0.311 e. The van der Waals surface area contributed by atoms with E-state index in [0.717, 1.165) is 18.4 Å². The molecule has 128 valence electrons. The molecule has 3 aliphatic rings. The SMILES string of the molecule is O=C(C(c1ccccc1)C1CC1)N1C[C@H]2COCC[C@@]2(C(=O)O)C1. The van der Waals surface area contributed by atoms with Gasteiger partial charge >= 0.3 is 5.97 Å². The summed E-state index contributed by atoms with van der Waals surface area (Å²) in [5, 5.41) is 9.78. The van der Waals surface area contributed by atoms with Crippen LogP contribution < -0.4 is 0 Å². The molecular formula is C19H23NO4. The molecule has 3 fully saturated rings. The zero-order chi connectivity index (χ0) is 16.7. The Balaban J connectivity index is 1.59. The van der Waals surface area contributed by atoms with Gasteiger partial charge in [0.2, 0.25) is 5.91 Å². The lowest BCUT2D eigenvalue weighted by Gasteiger charge is -2.34. The number of hydrogen-bond acceptors (Lipinski definition) is 3. The summed E-state index contributed by atoms with van der Waals surface area (Å²) in [6, 6.07) is 9.92. The van der Waals surface area contributed by atoms with Crippen molar-refractivity contribution < 1.29 is 19.4 Å². The van der Waals surface area contributed by atoms with Crippen LogP contribution in [0.25, 0.3) is 0 Å². The van der Waals surface area contributed by atoms with Crippen molar-refractivity contribution in [3.8, 4) is 0 Å². The minimum absolute atomic E-state index is 0.0941. The van der Waals surface area contributed by atoms with E-state index >= 15 is 0 Å². The van der Waals surface area contributed by atoms with Gasteiger partial charge in [-0.2, -0.15) is 0 Å². The third-order valence-corrected chi connectivity index (χ3v) is 5.96. The first-order chi connectivity index (χ1) is 11.6. The van der Waals surface area contributed by atoms with Gasteiger partial charge in [0, 0.05) is 25.6 Å². The summed E-state index contributed by atoms with van der Waals surface area (Å²) in [4.78, 5) is 26.9. The molecule has 1 aliphatic carbocycles. The number of nitrogens with zero attached hydrogens (tertiary/aromatic N) is 1. The molecule has 2 aliphatic heterocycles. The molecule has 1 unspecified atom stereocenters. The zero-order valence-electron chi connectivity index (χ0n) is 13.7. The number of carboxylic acid groups (broad SMARTS) is 1. The highest BCUT2D eigenvalue weighted by Crippen LogP contribution is 2.47. The van der Waals surface area contributed by atoms with Crippen LogP contribution in [0.4, 0.5) is 0 Å². The Morgan fingerprint density at radius 1 is 1.25 bits per heavy atom. The van der Waals surface area contributed by atoms with E-state index in [1.165, 1.54) is 0 Å². The largest absolute Gasteiger partial charge is 0.481 e. The van der Waals surface area contributed by atoms with Crippen LogP contribution >= 0.6 is 0 Å². The number of likely N-dealkylation sites (tertiary alicyclic amines) is 1. The van der Waals surface area contributed by atoms with Crippen molar-refractivity contribution in [2.75, 3.05) is 26.3 Å². The highest BCUT2D eigenvalue weighted by atomic mass is 16.5. The minimum Gasteiger partial charge on any atom is -0.481 e. The molecule has 3 atom stereocenters. The van der Waals surface area contributed by atoms with Gasteiger partial charge in [-0.1, -0.05) is 30.3 Å². The molecule has 2 heterocycles. The van der Waals surface area contributed by atoms with E-state index < -0.39 is 11.4 Å². The van der Waals surface area contributed by atoms with Crippen molar-refractivity contribution in [2.24, 2.45) is 17.3 Å². The topological polar surface area (TPSA) is 66.8 Å². The highest BCUT2D eigenvalue weighted by molar-refractivity contribution is 5.86. The molecule has 1 aromatic carbocycles. The van der Waals surface area contributed by atoms with E-state index in [0.29, 0.717) is 38.6 Å². The number of carbonyl (C=O) groups excluding carboxylic acids is 1. The van der Waals surface area contributed by atoms with Crippen LogP contribution in [0.1, 0.15) is 30.7 Å². The minimum atomic E-state index is -0.821. The first-order valence-electron chi connectivity index (χ1n) is 8.77. The molecule has 5 nitrogen and oxygen atoms in total. The zero-order valence-corrected chi connectivity index (χ0v) is 13.7. The first-order valence-corrected chi connectivity index (χ1v) is 8.77. The van der Waals surface area contributed by atoms with Crippen LogP contribution in [0.2, 0.25) is 0 Å². The quantitative estimate of drug-likeness (QED) is 0.919. The van der Waals surface area contributed by atoms with Crippen molar-refractivity contribution in [2.45, 2.75) is 25.2 Å². The van der Waals surface area contributed by atoms with Crippen molar-refractivity contribution in [3.05, 3.63) is 35.9 Å². The molecule has 1 N–H and O–H groups in total. The summed E-state index contributed by atoms with van der Waals surface area (Å²) in [7, 11) is 0. The maximum absolute atomic E-state index is 13.2. The van der Waals surface area contributed by atoms with Crippen molar-refractivity contribution in [1.29, 1.82) is 0 Å². The standard InChI is InChI=1S/C19H23NO4/c21-17(16(14-6-7-14)13-4-2-1-3-5-13)20-10-15-11-24-9-8-19(15,12-20)18(22)23/h1-5,14-16H,6-12H2,(H,22,23)/t15-,16?,19+/m0/s1. The molecule has 1 aromatic rings. The number of aliphatic carboxylic acids is 1. The molecule has 1 amide bonds. The predicted octanol–water partition coefficient (Wildman–Crippen LogP) is 2.13. The number of carboxylic acids is 1. The Morgan fingerprint density at radius 2 is 2.00 bits per heavy atom. The second-order valence-electron chi connectivity index (χ2n) is 7.43. The number of benzene rings is 1. The van der Waals surface area contributed by atoms with E-state index in [9.17, 15) is 14.7 Å². The molecular weight excluding hydrogens is 306 g/mol. The lowest BCUT2D eigenvalue weighted by Crippen LogP contribution is -2.45. The van der Waals surface area contributed by atoms with Crippen LogP contribution in [0, 0.1) is 17.3 Å². The highest BCUT2D eigenvalue weighted by Gasteiger charge is 2.56. The number of rotatable bonds is 4. The number of fused-ring (bicyclic) bond motifs is 1. The van der Waals surface area contributed by atoms with E-state index in [-0.39, 0.29) is 17.7 Å². The number of ether oxygens (including phenoxy) is 1. The van der Waals surface area contributed by atoms with Gasteiger partial charge in [0.1, 0.15) is 0 Å². The average Bonchev–Trinajstić information content (AvgIpc) is 3.33. The monoisotopic (exact) mass is 329 g/mol. The third-order valence-electron chi connectivity index (χ3n) is 5.96. The van der Waals surface area contributed by atoms with Gasteiger partial charge in [-0.25, -0.2) is 0 Å². The third kappa shape index (κ3) is 2.51. The fourth-order valence-electron chi connectivity index (χ4n) is 4.37. The lowest BCUT2D eigenvalue weighted by molar-refractivity contribution is -0.157. The molecule has 4 rings (SSSR count). The number of amides is 1. The summed E-state index contributed by atoms with van der Waals surface area (Å²) in [5.74, 6) is -0.506. The molecule has 0 radical (unpaired) electrons. The lowest BCUT2D eigenvalue weighted by atomic mass is 9.74. The van der Waals surface area contributed by atoms with E-state index in [4.69, 9.17) is 4.74 Å². The van der Waals surface area contributed by atoms with Gasteiger partial charge < -0.3 is 14.7 Å². The average molecular weight is 329 g/mol. The second-order valence-corrected chi connectivity index (χ2v) is 7.43. The van der Waals surface area contributed by atoms with Crippen LogP contribution in [-0.4, -0.2) is 48.2 Å². The second kappa shape index (κ2) is 5.88. The number of carbonyl (C=O) groups is 2. The maximum Gasteiger partial charge on any atom is 0.311 e.